The minimum Gasteiger partial charge on any atom is -0.441 e. The number of nitrogens with one attached hydrogen (secondary N) is 1. The van der Waals surface area contributed by atoms with Crippen molar-refractivity contribution in [3.05, 3.63) is 77.2 Å². The SMILES string of the molecule is Cc1oc(-c2ccccc2)nc1CCNC(=O)c1cccc(C#N)c1. The Labute approximate surface area is 145 Å². The maximum Gasteiger partial charge on any atom is 0.251 e. The van der Waals surface area contributed by atoms with Crippen molar-refractivity contribution < 1.29 is 9.21 Å². The van der Waals surface area contributed by atoms with Gasteiger partial charge in [-0.1, -0.05) is 24.3 Å². The van der Waals surface area contributed by atoms with Crippen LogP contribution in [-0.4, -0.2) is 17.4 Å². The van der Waals surface area contributed by atoms with Crippen LogP contribution < -0.4 is 5.32 Å². The lowest BCUT2D eigenvalue weighted by atomic mass is 10.1. The first-order valence-corrected chi connectivity index (χ1v) is 7.97. The third kappa shape index (κ3) is 3.93. The van der Waals surface area contributed by atoms with Crippen LogP contribution >= 0.6 is 0 Å². The second-order valence-electron chi connectivity index (χ2n) is 5.59. The number of hydrogen-bond donors (Lipinski definition) is 1. The van der Waals surface area contributed by atoms with Gasteiger partial charge < -0.3 is 9.73 Å². The summed E-state index contributed by atoms with van der Waals surface area (Å²) in [6.07, 6.45) is 0.575. The van der Waals surface area contributed by atoms with E-state index in [2.05, 4.69) is 10.3 Å². The number of carbonyl (C=O) groups is 1. The summed E-state index contributed by atoms with van der Waals surface area (Å²) in [7, 11) is 0. The Hall–Kier alpha value is -3.39. The molecular formula is C20H17N3O2. The van der Waals surface area contributed by atoms with E-state index in [9.17, 15) is 4.79 Å². The van der Waals surface area contributed by atoms with Crippen molar-refractivity contribution in [3.8, 4) is 17.5 Å². The van der Waals surface area contributed by atoms with Crippen LogP contribution in [-0.2, 0) is 6.42 Å². The van der Waals surface area contributed by atoms with Gasteiger partial charge in [-0.3, -0.25) is 4.79 Å². The Bertz CT molecular complexity index is 924. The monoisotopic (exact) mass is 331 g/mol. The average molecular weight is 331 g/mol. The Morgan fingerprint density at radius 3 is 2.76 bits per heavy atom. The molecule has 0 atom stereocenters. The molecule has 25 heavy (non-hydrogen) atoms. The van der Waals surface area contributed by atoms with Gasteiger partial charge in [0.05, 0.1) is 17.3 Å². The maximum absolute atomic E-state index is 12.2. The molecule has 0 unspecified atom stereocenters. The van der Waals surface area contributed by atoms with Crippen LogP contribution in [0.1, 0.15) is 27.4 Å². The number of benzene rings is 2. The molecule has 0 radical (unpaired) electrons. The van der Waals surface area contributed by atoms with E-state index in [0.717, 1.165) is 17.0 Å². The smallest absolute Gasteiger partial charge is 0.251 e. The van der Waals surface area contributed by atoms with Crippen molar-refractivity contribution in [1.29, 1.82) is 5.26 Å². The molecule has 1 amide bonds. The lowest BCUT2D eigenvalue weighted by Gasteiger charge is -2.04. The fourth-order valence-electron chi connectivity index (χ4n) is 2.49. The normalized spacial score (nSPS) is 10.2. The molecule has 3 rings (SSSR count). The van der Waals surface area contributed by atoms with Crippen LogP contribution in [0.2, 0.25) is 0 Å². The third-order valence-electron chi connectivity index (χ3n) is 3.81. The van der Waals surface area contributed by atoms with E-state index < -0.39 is 0 Å². The quantitative estimate of drug-likeness (QED) is 0.776. The molecular weight excluding hydrogens is 314 g/mol. The fraction of sp³-hybridized carbons (Fsp3) is 0.150. The summed E-state index contributed by atoms with van der Waals surface area (Å²) in [6.45, 7) is 2.31. The maximum atomic E-state index is 12.2. The van der Waals surface area contributed by atoms with Crippen molar-refractivity contribution in [3.63, 3.8) is 0 Å². The number of rotatable bonds is 5. The van der Waals surface area contributed by atoms with Crippen molar-refractivity contribution >= 4 is 5.91 Å². The van der Waals surface area contributed by atoms with Gasteiger partial charge in [-0.15, -0.1) is 0 Å². The number of nitrogens with zero attached hydrogens (tertiary/aromatic N) is 2. The molecule has 5 heteroatoms. The molecule has 5 nitrogen and oxygen atoms in total. The van der Waals surface area contributed by atoms with Gasteiger partial charge in [-0.05, 0) is 37.3 Å². The lowest BCUT2D eigenvalue weighted by molar-refractivity contribution is 0.0954. The number of amides is 1. The zero-order chi connectivity index (χ0) is 17.6. The van der Waals surface area contributed by atoms with Crippen LogP contribution in [0.15, 0.2) is 59.0 Å². The van der Waals surface area contributed by atoms with Crippen LogP contribution in [0.4, 0.5) is 0 Å². The first-order valence-electron chi connectivity index (χ1n) is 7.97. The van der Waals surface area contributed by atoms with Crippen LogP contribution in [0, 0.1) is 18.3 Å². The topological polar surface area (TPSA) is 78.9 Å². The molecule has 1 heterocycles. The number of aromatic nitrogens is 1. The highest BCUT2D eigenvalue weighted by molar-refractivity contribution is 5.94. The first kappa shape index (κ1) is 16.5. The summed E-state index contributed by atoms with van der Waals surface area (Å²) in [5.41, 5.74) is 2.69. The highest BCUT2D eigenvalue weighted by atomic mass is 16.4. The standard InChI is InChI=1S/C20H17N3O2/c1-14-18(23-20(25-14)16-7-3-2-4-8-16)10-11-22-19(24)17-9-5-6-15(12-17)13-21/h2-9,12H,10-11H2,1H3,(H,22,24). The molecule has 0 saturated heterocycles. The Kier molecular flexibility index (Phi) is 4.91. The highest BCUT2D eigenvalue weighted by Gasteiger charge is 2.12. The third-order valence-corrected chi connectivity index (χ3v) is 3.81. The lowest BCUT2D eigenvalue weighted by Crippen LogP contribution is -2.25. The van der Waals surface area contributed by atoms with E-state index in [0.29, 0.717) is 30.0 Å². The molecule has 0 bridgehead atoms. The van der Waals surface area contributed by atoms with E-state index in [1.54, 1.807) is 24.3 Å². The average Bonchev–Trinajstić information content (AvgIpc) is 3.03. The Balaban J connectivity index is 1.62. The number of oxazole rings is 1. The predicted octanol–water partition coefficient (Wildman–Crippen LogP) is 3.49. The summed E-state index contributed by atoms with van der Waals surface area (Å²) in [6, 6.07) is 18.3. The van der Waals surface area contributed by atoms with Gasteiger partial charge in [-0.25, -0.2) is 4.98 Å². The zero-order valence-electron chi connectivity index (χ0n) is 13.8. The summed E-state index contributed by atoms with van der Waals surface area (Å²) < 4.78 is 5.71. The fourth-order valence-corrected chi connectivity index (χ4v) is 2.49. The number of hydrogen-bond acceptors (Lipinski definition) is 4. The van der Waals surface area contributed by atoms with Crippen LogP contribution in [0.25, 0.3) is 11.5 Å². The van der Waals surface area contributed by atoms with Crippen molar-refractivity contribution in [2.24, 2.45) is 0 Å². The number of aryl methyl sites for hydroxylation is 1. The molecule has 0 spiro atoms. The minimum absolute atomic E-state index is 0.207. The largest absolute Gasteiger partial charge is 0.441 e. The van der Waals surface area contributed by atoms with Crippen molar-refractivity contribution in [1.82, 2.24) is 10.3 Å². The molecule has 0 fully saturated rings. The minimum atomic E-state index is -0.207. The van der Waals surface area contributed by atoms with Gasteiger partial charge in [0.25, 0.3) is 5.91 Å². The summed E-state index contributed by atoms with van der Waals surface area (Å²) in [5.74, 6) is 1.13. The van der Waals surface area contributed by atoms with Gasteiger partial charge in [0.1, 0.15) is 5.76 Å². The molecule has 1 N–H and O–H groups in total. The van der Waals surface area contributed by atoms with E-state index in [4.69, 9.17) is 9.68 Å². The summed E-state index contributed by atoms with van der Waals surface area (Å²) >= 11 is 0. The summed E-state index contributed by atoms with van der Waals surface area (Å²) in [5, 5.41) is 11.7. The zero-order valence-corrected chi connectivity index (χ0v) is 13.8. The van der Waals surface area contributed by atoms with Crippen molar-refractivity contribution in [2.45, 2.75) is 13.3 Å². The van der Waals surface area contributed by atoms with Gasteiger partial charge in [-0.2, -0.15) is 5.26 Å². The molecule has 124 valence electrons. The summed E-state index contributed by atoms with van der Waals surface area (Å²) in [4.78, 5) is 16.7. The van der Waals surface area contributed by atoms with Crippen molar-refractivity contribution in [2.75, 3.05) is 6.54 Å². The highest BCUT2D eigenvalue weighted by Crippen LogP contribution is 2.21. The number of nitriles is 1. The van der Waals surface area contributed by atoms with Crippen LogP contribution in [0.5, 0.6) is 0 Å². The first-order chi connectivity index (χ1) is 12.2. The molecule has 2 aromatic carbocycles. The molecule has 3 aromatic rings. The molecule has 0 aliphatic heterocycles. The van der Waals surface area contributed by atoms with Gasteiger partial charge in [0, 0.05) is 24.1 Å². The predicted molar refractivity (Wildman–Crippen MR) is 93.9 cm³/mol. The van der Waals surface area contributed by atoms with Crippen LogP contribution in [0.3, 0.4) is 0 Å². The molecule has 0 aliphatic carbocycles. The van der Waals surface area contributed by atoms with E-state index >= 15 is 0 Å². The molecule has 1 aromatic heterocycles. The van der Waals surface area contributed by atoms with E-state index in [1.165, 1.54) is 0 Å². The van der Waals surface area contributed by atoms with E-state index in [1.807, 2.05) is 43.3 Å². The molecule has 0 aliphatic rings. The van der Waals surface area contributed by atoms with Gasteiger partial charge >= 0.3 is 0 Å². The number of carbonyl (C=O) groups excluding carboxylic acids is 1. The van der Waals surface area contributed by atoms with E-state index in [-0.39, 0.29) is 5.91 Å². The Morgan fingerprint density at radius 1 is 1.20 bits per heavy atom. The second-order valence-corrected chi connectivity index (χ2v) is 5.59. The second kappa shape index (κ2) is 7.45. The molecule has 0 saturated carbocycles. The van der Waals surface area contributed by atoms with Gasteiger partial charge in [0.15, 0.2) is 0 Å². The van der Waals surface area contributed by atoms with Gasteiger partial charge in [0.2, 0.25) is 5.89 Å². The Morgan fingerprint density at radius 2 is 2.00 bits per heavy atom.